The van der Waals surface area contributed by atoms with Crippen LogP contribution in [0.4, 0.5) is 19.0 Å². The second kappa shape index (κ2) is 3.59. The lowest BCUT2D eigenvalue weighted by atomic mass is 10.3. The molecule has 1 aromatic heterocycles. The van der Waals surface area contributed by atoms with E-state index in [0.717, 1.165) is 0 Å². The number of alkyl halides is 3. The van der Waals surface area contributed by atoms with Crippen LogP contribution < -0.4 is 5.32 Å². The lowest BCUT2D eigenvalue weighted by Gasteiger charge is -2.04. The Morgan fingerprint density at radius 2 is 2.07 bits per heavy atom. The number of carbonyl (C=O) groups excluding carboxylic acids is 1. The number of halogens is 3. The van der Waals surface area contributed by atoms with Crippen molar-refractivity contribution in [3.8, 4) is 0 Å². The number of carboxylic acid groups (broad SMARTS) is 1. The molecule has 0 aliphatic carbocycles. The predicted molar refractivity (Wildman–Crippen MR) is 38.1 cm³/mol. The highest BCUT2D eigenvalue weighted by Crippen LogP contribution is 2.19. The van der Waals surface area contributed by atoms with Crippen LogP contribution in [0.2, 0.25) is 0 Å². The van der Waals surface area contributed by atoms with Crippen molar-refractivity contribution >= 4 is 17.7 Å². The number of nitrogens with zero attached hydrogens (tertiary/aromatic N) is 1. The van der Waals surface area contributed by atoms with Gasteiger partial charge in [0.25, 0.3) is 0 Å². The number of anilines is 1. The SMILES string of the molecule is O=C(O)c1conc1NC(=O)C(F)(F)F. The van der Waals surface area contributed by atoms with Gasteiger partial charge in [-0.05, 0) is 0 Å². The van der Waals surface area contributed by atoms with Crippen molar-refractivity contribution in [2.45, 2.75) is 6.18 Å². The Labute approximate surface area is 79.7 Å². The van der Waals surface area contributed by atoms with Crippen molar-refractivity contribution in [2.75, 3.05) is 5.32 Å². The van der Waals surface area contributed by atoms with E-state index >= 15 is 0 Å². The van der Waals surface area contributed by atoms with Crippen LogP contribution in [0.5, 0.6) is 0 Å². The number of hydrogen-bond donors (Lipinski definition) is 2. The molecule has 0 spiro atoms. The molecule has 0 aromatic carbocycles. The highest BCUT2D eigenvalue weighted by molar-refractivity contribution is 6.00. The Bertz CT molecular complexity index is 397. The van der Waals surface area contributed by atoms with Crippen molar-refractivity contribution in [1.82, 2.24) is 5.16 Å². The van der Waals surface area contributed by atoms with E-state index in [1.807, 2.05) is 0 Å². The standard InChI is InChI=1S/C6H3F3N2O4/c7-6(8,9)5(14)10-3-2(4(12)13)1-15-11-3/h1H,(H,12,13)(H,10,11,14). The smallest absolute Gasteiger partial charge is 0.471 e. The fraction of sp³-hybridized carbons (Fsp3) is 0.167. The van der Waals surface area contributed by atoms with Crippen LogP contribution in [0.3, 0.4) is 0 Å². The van der Waals surface area contributed by atoms with E-state index in [1.54, 1.807) is 0 Å². The maximum atomic E-state index is 11.8. The quantitative estimate of drug-likeness (QED) is 0.777. The Balaban J connectivity index is 2.86. The van der Waals surface area contributed by atoms with Gasteiger partial charge in [-0.3, -0.25) is 10.1 Å². The minimum atomic E-state index is -5.12. The molecule has 6 nitrogen and oxygen atoms in total. The van der Waals surface area contributed by atoms with Gasteiger partial charge in [0.2, 0.25) is 0 Å². The first kappa shape index (κ1) is 11.0. The largest absolute Gasteiger partial charge is 0.477 e. The average Bonchev–Trinajstić information content (AvgIpc) is 2.50. The van der Waals surface area contributed by atoms with E-state index in [4.69, 9.17) is 5.11 Å². The van der Waals surface area contributed by atoms with Crippen molar-refractivity contribution in [3.05, 3.63) is 11.8 Å². The third-order valence-corrected chi connectivity index (χ3v) is 1.29. The molecule has 82 valence electrons. The number of carbonyl (C=O) groups is 2. The average molecular weight is 224 g/mol. The normalized spacial score (nSPS) is 11.1. The third kappa shape index (κ3) is 2.45. The van der Waals surface area contributed by atoms with Gasteiger partial charge in [0.15, 0.2) is 5.82 Å². The highest BCUT2D eigenvalue weighted by Gasteiger charge is 2.39. The number of hydrogen-bond acceptors (Lipinski definition) is 4. The lowest BCUT2D eigenvalue weighted by molar-refractivity contribution is -0.167. The van der Waals surface area contributed by atoms with Crippen LogP contribution in [0.15, 0.2) is 10.8 Å². The molecule has 0 atom stereocenters. The van der Waals surface area contributed by atoms with Gasteiger partial charge in [-0.15, -0.1) is 0 Å². The molecule has 1 rings (SSSR count). The molecule has 2 N–H and O–H groups in total. The van der Waals surface area contributed by atoms with Gasteiger partial charge in [-0.25, -0.2) is 4.79 Å². The van der Waals surface area contributed by atoms with Crippen LogP contribution in [0, 0.1) is 0 Å². The van der Waals surface area contributed by atoms with Gasteiger partial charge in [0.1, 0.15) is 11.8 Å². The molecule has 0 fully saturated rings. The first-order valence-electron chi connectivity index (χ1n) is 3.38. The molecule has 1 heterocycles. The summed E-state index contributed by atoms with van der Waals surface area (Å²) >= 11 is 0. The Kier molecular flexibility index (Phi) is 2.64. The minimum Gasteiger partial charge on any atom is -0.477 e. The van der Waals surface area contributed by atoms with Gasteiger partial charge >= 0.3 is 18.1 Å². The zero-order valence-corrected chi connectivity index (χ0v) is 6.83. The predicted octanol–water partition coefficient (Wildman–Crippen LogP) is 0.874. The molecule has 1 aromatic rings. The lowest BCUT2D eigenvalue weighted by Crippen LogP contribution is -2.30. The van der Waals surface area contributed by atoms with Crippen LogP contribution in [0.1, 0.15) is 10.4 Å². The summed E-state index contributed by atoms with van der Waals surface area (Å²) in [7, 11) is 0. The third-order valence-electron chi connectivity index (χ3n) is 1.29. The molecule has 0 unspecified atom stereocenters. The summed E-state index contributed by atoms with van der Waals surface area (Å²) in [5.74, 6) is -4.67. The van der Waals surface area contributed by atoms with Crippen molar-refractivity contribution in [2.24, 2.45) is 0 Å². The fourth-order valence-corrected chi connectivity index (χ4v) is 0.657. The highest BCUT2D eigenvalue weighted by atomic mass is 19.4. The molecule has 9 heteroatoms. The first-order chi connectivity index (χ1) is 6.82. The molecular weight excluding hydrogens is 221 g/mol. The number of amides is 1. The Morgan fingerprint density at radius 1 is 1.47 bits per heavy atom. The maximum Gasteiger partial charge on any atom is 0.471 e. The summed E-state index contributed by atoms with van der Waals surface area (Å²) in [6.07, 6.45) is -4.51. The number of nitrogens with one attached hydrogen (secondary N) is 1. The molecule has 0 aliphatic rings. The Hall–Kier alpha value is -2.06. The summed E-state index contributed by atoms with van der Waals surface area (Å²) in [6.45, 7) is 0. The number of carboxylic acids is 1. The molecule has 1 amide bonds. The molecule has 0 saturated carbocycles. The van der Waals surface area contributed by atoms with E-state index in [1.165, 1.54) is 5.32 Å². The fourth-order valence-electron chi connectivity index (χ4n) is 0.657. The summed E-state index contributed by atoms with van der Waals surface area (Å²) in [5, 5.41) is 12.6. The van der Waals surface area contributed by atoms with E-state index in [0.29, 0.717) is 6.26 Å². The van der Waals surface area contributed by atoms with Gasteiger partial charge in [-0.2, -0.15) is 13.2 Å². The van der Waals surface area contributed by atoms with E-state index < -0.39 is 29.4 Å². The number of aromatic carboxylic acids is 1. The van der Waals surface area contributed by atoms with Gasteiger partial charge in [0, 0.05) is 0 Å². The molecular formula is C6H3F3N2O4. The van der Waals surface area contributed by atoms with Gasteiger partial charge in [-0.1, -0.05) is 5.16 Å². The van der Waals surface area contributed by atoms with Gasteiger partial charge < -0.3 is 9.63 Å². The van der Waals surface area contributed by atoms with Gasteiger partial charge in [0.05, 0.1) is 0 Å². The van der Waals surface area contributed by atoms with Crippen molar-refractivity contribution in [3.63, 3.8) is 0 Å². The Morgan fingerprint density at radius 3 is 2.53 bits per heavy atom. The number of aromatic nitrogens is 1. The molecule has 0 saturated heterocycles. The molecule has 0 radical (unpaired) electrons. The first-order valence-corrected chi connectivity index (χ1v) is 3.38. The minimum absolute atomic E-state index is 0.605. The topological polar surface area (TPSA) is 92.4 Å². The molecule has 15 heavy (non-hydrogen) atoms. The van der Waals surface area contributed by atoms with Crippen LogP contribution in [0.25, 0.3) is 0 Å². The van der Waals surface area contributed by atoms with Crippen LogP contribution >= 0.6 is 0 Å². The summed E-state index contributed by atoms with van der Waals surface area (Å²) in [5.41, 5.74) is -0.660. The zero-order valence-electron chi connectivity index (χ0n) is 6.83. The van der Waals surface area contributed by atoms with Crippen LogP contribution in [-0.2, 0) is 4.79 Å². The van der Waals surface area contributed by atoms with Crippen LogP contribution in [-0.4, -0.2) is 28.3 Å². The van der Waals surface area contributed by atoms with E-state index in [-0.39, 0.29) is 0 Å². The number of rotatable bonds is 2. The summed E-state index contributed by atoms with van der Waals surface area (Å²) in [6, 6.07) is 0. The monoisotopic (exact) mass is 224 g/mol. The van der Waals surface area contributed by atoms with Crippen molar-refractivity contribution < 1.29 is 32.4 Å². The zero-order chi connectivity index (χ0) is 11.6. The second-order valence-electron chi connectivity index (χ2n) is 2.33. The summed E-state index contributed by atoms with van der Waals surface area (Å²) < 4.78 is 39.4. The van der Waals surface area contributed by atoms with E-state index in [9.17, 15) is 22.8 Å². The molecule has 0 bridgehead atoms. The second-order valence-corrected chi connectivity index (χ2v) is 2.33. The van der Waals surface area contributed by atoms with Crippen molar-refractivity contribution in [1.29, 1.82) is 0 Å². The summed E-state index contributed by atoms with van der Waals surface area (Å²) in [4.78, 5) is 20.8. The van der Waals surface area contributed by atoms with E-state index in [2.05, 4.69) is 9.68 Å². The molecule has 0 aliphatic heterocycles. The maximum absolute atomic E-state index is 11.8.